The monoisotopic (exact) mass is 510 g/mol. The zero-order chi connectivity index (χ0) is 25.5. The van der Waals surface area contributed by atoms with Gasteiger partial charge in [0.15, 0.2) is 11.0 Å². The second-order valence-corrected chi connectivity index (χ2v) is 10.9. The molecule has 190 valence electrons. The molecule has 0 aliphatic carbocycles. The Morgan fingerprint density at radius 3 is 2.27 bits per heavy atom. The van der Waals surface area contributed by atoms with E-state index in [1.165, 1.54) is 11.1 Å². The van der Waals surface area contributed by atoms with Crippen molar-refractivity contribution in [2.75, 3.05) is 18.8 Å². The molecule has 1 aliphatic rings. The van der Waals surface area contributed by atoms with Gasteiger partial charge < -0.3 is 4.90 Å². The van der Waals surface area contributed by atoms with Crippen LogP contribution < -0.4 is 0 Å². The third-order valence-electron chi connectivity index (χ3n) is 7.06. The fourth-order valence-electron chi connectivity index (χ4n) is 4.94. The van der Waals surface area contributed by atoms with Crippen LogP contribution in [0.15, 0.2) is 90.1 Å². The van der Waals surface area contributed by atoms with Crippen LogP contribution in [0.2, 0.25) is 0 Å². The highest BCUT2D eigenvalue weighted by molar-refractivity contribution is 7.99. The molecule has 1 aliphatic heterocycles. The maximum Gasteiger partial charge on any atom is 0.222 e. The van der Waals surface area contributed by atoms with Gasteiger partial charge in [-0.1, -0.05) is 90.1 Å². The predicted octanol–water partition coefficient (Wildman–Crippen LogP) is 6.60. The summed E-state index contributed by atoms with van der Waals surface area (Å²) >= 11 is 1.67. The fraction of sp³-hybridized carbons (Fsp3) is 0.323. The van der Waals surface area contributed by atoms with Gasteiger partial charge in [0.05, 0.1) is 0 Å². The quantitative estimate of drug-likeness (QED) is 0.188. The Bertz CT molecular complexity index is 1280. The number of thioether (sulfide) groups is 1. The van der Waals surface area contributed by atoms with E-state index in [0.29, 0.717) is 12.3 Å². The molecule has 0 spiro atoms. The number of amides is 1. The summed E-state index contributed by atoms with van der Waals surface area (Å²) in [6.45, 7) is 3.85. The molecule has 0 N–H and O–H groups in total. The first-order valence-corrected chi connectivity index (χ1v) is 14.2. The molecular formula is C31H34N4OS. The molecule has 1 amide bonds. The van der Waals surface area contributed by atoms with Crippen molar-refractivity contribution in [1.82, 2.24) is 19.7 Å². The number of nitrogens with zero attached hydrogens (tertiary/aromatic N) is 4. The lowest BCUT2D eigenvalue weighted by Gasteiger charge is -2.32. The number of aryl methyl sites for hydroxylation is 1. The molecule has 4 aromatic rings. The van der Waals surface area contributed by atoms with Gasteiger partial charge in [-0.3, -0.25) is 9.36 Å². The lowest BCUT2D eigenvalue weighted by atomic mass is 9.90. The number of piperidine rings is 1. The lowest BCUT2D eigenvalue weighted by Crippen LogP contribution is -2.38. The Kier molecular flexibility index (Phi) is 8.36. The Labute approximate surface area is 223 Å². The fourth-order valence-corrected chi connectivity index (χ4v) is 5.83. The Morgan fingerprint density at radius 2 is 1.57 bits per heavy atom. The minimum Gasteiger partial charge on any atom is -0.343 e. The molecule has 6 heteroatoms. The van der Waals surface area contributed by atoms with Crippen molar-refractivity contribution in [2.45, 2.75) is 44.2 Å². The molecule has 0 saturated carbocycles. The van der Waals surface area contributed by atoms with Crippen LogP contribution in [0.25, 0.3) is 17.1 Å². The molecule has 0 atom stereocenters. The standard InChI is InChI=1S/C31H34N4OS/c1-24-14-16-28(17-15-24)35-30(27-11-6-3-7-12-27)32-33-31(35)37-22-8-13-29(36)34-20-18-26(19-21-34)23-25-9-4-2-5-10-25/h2-7,9-12,14-17,26H,8,13,18-23H2,1H3. The number of carbonyl (C=O) groups excluding carboxylic acids is 1. The van der Waals surface area contributed by atoms with Crippen molar-refractivity contribution in [3.8, 4) is 17.1 Å². The smallest absolute Gasteiger partial charge is 0.222 e. The number of hydrogen-bond donors (Lipinski definition) is 0. The highest BCUT2D eigenvalue weighted by Crippen LogP contribution is 2.29. The molecule has 0 radical (unpaired) electrons. The van der Waals surface area contributed by atoms with E-state index in [9.17, 15) is 4.79 Å². The first kappa shape index (κ1) is 25.3. The van der Waals surface area contributed by atoms with E-state index < -0.39 is 0 Å². The number of hydrogen-bond acceptors (Lipinski definition) is 4. The van der Waals surface area contributed by atoms with E-state index in [1.807, 2.05) is 18.2 Å². The van der Waals surface area contributed by atoms with E-state index in [-0.39, 0.29) is 5.91 Å². The summed E-state index contributed by atoms with van der Waals surface area (Å²) in [5.41, 5.74) is 4.70. The van der Waals surface area contributed by atoms with Gasteiger partial charge in [0.2, 0.25) is 5.91 Å². The van der Waals surface area contributed by atoms with E-state index in [2.05, 4.69) is 93.3 Å². The van der Waals surface area contributed by atoms with Crippen LogP contribution in [0.4, 0.5) is 0 Å². The Hall–Kier alpha value is -3.38. The topological polar surface area (TPSA) is 51.0 Å². The van der Waals surface area contributed by atoms with Crippen molar-refractivity contribution in [2.24, 2.45) is 5.92 Å². The Balaban J connectivity index is 1.15. The minimum atomic E-state index is 0.281. The molecule has 5 nitrogen and oxygen atoms in total. The van der Waals surface area contributed by atoms with Crippen LogP contribution in [0.1, 0.15) is 36.8 Å². The number of rotatable bonds is 9. The number of likely N-dealkylation sites (tertiary alicyclic amines) is 1. The van der Waals surface area contributed by atoms with Crippen LogP contribution in [0, 0.1) is 12.8 Å². The summed E-state index contributed by atoms with van der Waals surface area (Å²) in [5.74, 6) is 2.62. The molecule has 37 heavy (non-hydrogen) atoms. The summed E-state index contributed by atoms with van der Waals surface area (Å²) in [7, 11) is 0. The van der Waals surface area contributed by atoms with Crippen LogP contribution >= 0.6 is 11.8 Å². The van der Waals surface area contributed by atoms with Crippen molar-refractivity contribution < 1.29 is 4.79 Å². The van der Waals surface area contributed by atoms with E-state index in [1.54, 1.807) is 11.8 Å². The van der Waals surface area contributed by atoms with E-state index >= 15 is 0 Å². The van der Waals surface area contributed by atoms with Crippen LogP contribution in [0.3, 0.4) is 0 Å². The summed E-state index contributed by atoms with van der Waals surface area (Å²) in [5, 5.41) is 9.91. The van der Waals surface area contributed by atoms with Crippen molar-refractivity contribution >= 4 is 17.7 Å². The normalized spacial score (nSPS) is 14.1. The van der Waals surface area contributed by atoms with Gasteiger partial charge >= 0.3 is 0 Å². The Morgan fingerprint density at radius 1 is 0.892 bits per heavy atom. The van der Waals surface area contributed by atoms with Gasteiger partial charge in [0, 0.05) is 36.5 Å². The van der Waals surface area contributed by atoms with E-state index in [0.717, 1.165) is 66.8 Å². The van der Waals surface area contributed by atoms with Crippen LogP contribution in [-0.4, -0.2) is 44.4 Å². The second kappa shape index (κ2) is 12.2. The average Bonchev–Trinajstić information content (AvgIpc) is 3.37. The molecule has 1 fully saturated rings. The summed E-state index contributed by atoms with van der Waals surface area (Å²) in [4.78, 5) is 14.9. The number of carbonyl (C=O) groups is 1. The lowest BCUT2D eigenvalue weighted by molar-refractivity contribution is -0.132. The predicted molar refractivity (Wildman–Crippen MR) is 151 cm³/mol. The molecule has 1 saturated heterocycles. The van der Waals surface area contributed by atoms with Gasteiger partial charge in [-0.05, 0) is 56.2 Å². The van der Waals surface area contributed by atoms with Crippen LogP contribution in [-0.2, 0) is 11.2 Å². The first-order chi connectivity index (χ1) is 18.2. The van der Waals surface area contributed by atoms with Crippen molar-refractivity contribution in [3.63, 3.8) is 0 Å². The van der Waals surface area contributed by atoms with Gasteiger partial charge in [0.1, 0.15) is 0 Å². The minimum absolute atomic E-state index is 0.281. The van der Waals surface area contributed by atoms with Gasteiger partial charge in [-0.25, -0.2) is 0 Å². The summed E-state index contributed by atoms with van der Waals surface area (Å²) in [6, 6.07) is 29.3. The molecule has 0 unspecified atom stereocenters. The summed E-state index contributed by atoms with van der Waals surface area (Å²) < 4.78 is 2.12. The largest absolute Gasteiger partial charge is 0.343 e. The summed E-state index contributed by atoms with van der Waals surface area (Å²) in [6.07, 6.45) is 4.72. The number of aromatic nitrogens is 3. The highest BCUT2D eigenvalue weighted by Gasteiger charge is 2.23. The first-order valence-electron chi connectivity index (χ1n) is 13.2. The highest BCUT2D eigenvalue weighted by atomic mass is 32.2. The van der Waals surface area contributed by atoms with Crippen molar-refractivity contribution in [3.05, 3.63) is 96.1 Å². The maximum absolute atomic E-state index is 12.9. The van der Waals surface area contributed by atoms with E-state index in [4.69, 9.17) is 0 Å². The van der Waals surface area contributed by atoms with Crippen LogP contribution in [0.5, 0.6) is 0 Å². The zero-order valence-electron chi connectivity index (χ0n) is 21.4. The van der Waals surface area contributed by atoms with Crippen molar-refractivity contribution in [1.29, 1.82) is 0 Å². The molecule has 1 aromatic heterocycles. The second-order valence-electron chi connectivity index (χ2n) is 9.81. The third-order valence-corrected chi connectivity index (χ3v) is 8.07. The SMILES string of the molecule is Cc1ccc(-n2c(SCCCC(=O)N3CCC(Cc4ccccc4)CC3)nnc2-c2ccccc2)cc1. The van der Waals surface area contributed by atoms with Gasteiger partial charge in [-0.2, -0.15) is 0 Å². The van der Waals surface area contributed by atoms with Gasteiger partial charge in [-0.15, -0.1) is 10.2 Å². The molecule has 3 aromatic carbocycles. The third kappa shape index (κ3) is 6.50. The molecular weight excluding hydrogens is 476 g/mol. The zero-order valence-corrected chi connectivity index (χ0v) is 22.2. The molecule has 2 heterocycles. The van der Waals surface area contributed by atoms with Gasteiger partial charge in [0.25, 0.3) is 0 Å². The molecule has 5 rings (SSSR count). The average molecular weight is 511 g/mol. The number of benzene rings is 3. The maximum atomic E-state index is 12.9. The molecule has 0 bridgehead atoms.